The van der Waals surface area contributed by atoms with E-state index >= 15 is 0 Å². The van der Waals surface area contributed by atoms with Gasteiger partial charge < -0.3 is 10.4 Å². The highest BCUT2D eigenvalue weighted by molar-refractivity contribution is 6.33. The average Bonchev–Trinajstić information content (AvgIpc) is 2.59. The van der Waals surface area contributed by atoms with Crippen molar-refractivity contribution in [3.63, 3.8) is 0 Å². The fourth-order valence-corrected chi connectivity index (χ4v) is 2.76. The summed E-state index contributed by atoms with van der Waals surface area (Å²) in [5.41, 5.74) is 0.930. The number of hydrogen-bond acceptors (Lipinski definition) is 5. The summed E-state index contributed by atoms with van der Waals surface area (Å²) in [7, 11) is 1.67. The third-order valence-electron chi connectivity index (χ3n) is 3.96. The van der Waals surface area contributed by atoms with Crippen LogP contribution in [-0.4, -0.2) is 31.8 Å². The molecule has 0 unspecified atom stereocenters. The molecule has 130 valence electrons. The number of pyridine rings is 1. The summed E-state index contributed by atoms with van der Waals surface area (Å²) in [6.45, 7) is 3.60. The molecule has 0 spiro atoms. The summed E-state index contributed by atoms with van der Waals surface area (Å²) >= 11 is 6.24. The van der Waals surface area contributed by atoms with Gasteiger partial charge in [-0.3, -0.25) is 9.36 Å². The van der Waals surface area contributed by atoms with Crippen LogP contribution in [-0.2, 0) is 7.05 Å². The highest BCUT2D eigenvalue weighted by Gasteiger charge is 2.18. The normalized spacial score (nSPS) is 11.7. The highest BCUT2D eigenvalue weighted by atomic mass is 35.5. The number of rotatable bonds is 4. The molecule has 25 heavy (non-hydrogen) atoms. The van der Waals surface area contributed by atoms with E-state index in [4.69, 9.17) is 11.6 Å². The molecule has 2 aromatic heterocycles. The van der Waals surface area contributed by atoms with E-state index in [1.54, 1.807) is 25.4 Å². The van der Waals surface area contributed by atoms with E-state index in [1.165, 1.54) is 4.57 Å². The van der Waals surface area contributed by atoms with Crippen LogP contribution in [0, 0.1) is 0 Å². The van der Waals surface area contributed by atoms with E-state index in [0.717, 1.165) is 5.39 Å². The van der Waals surface area contributed by atoms with Crippen molar-refractivity contribution in [1.82, 2.24) is 14.5 Å². The maximum atomic E-state index is 12.8. The minimum absolute atomic E-state index is 0.0707. The summed E-state index contributed by atoms with van der Waals surface area (Å²) in [4.78, 5) is 21.5. The van der Waals surface area contributed by atoms with Crippen LogP contribution in [0.1, 0.15) is 13.8 Å². The number of nitrogens with zero attached hydrogens (tertiary/aromatic N) is 3. The Morgan fingerprint density at radius 3 is 2.68 bits per heavy atom. The Balaban J connectivity index is 2.16. The molecule has 0 aliphatic carbocycles. The zero-order valence-electron chi connectivity index (χ0n) is 14.2. The van der Waals surface area contributed by atoms with Gasteiger partial charge in [-0.15, -0.1) is 0 Å². The van der Waals surface area contributed by atoms with E-state index < -0.39 is 5.54 Å². The molecular formula is C18H19ClN4O2. The first-order valence-electron chi connectivity index (χ1n) is 7.83. The Hall–Kier alpha value is -2.44. The van der Waals surface area contributed by atoms with Crippen LogP contribution in [0.2, 0.25) is 5.02 Å². The second-order valence-corrected chi connectivity index (χ2v) is 6.95. The van der Waals surface area contributed by atoms with Crippen molar-refractivity contribution in [3.8, 4) is 11.1 Å². The Morgan fingerprint density at radius 1 is 1.28 bits per heavy atom. The van der Waals surface area contributed by atoms with Crippen molar-refractivity contribution in [2.24, 2.45) is 7.05 Å². The molecule has 0 fully saturated rings. The van der Waals surface area contributed by atoms with Crippen molar-refractivity contribution in [2.45, 2.75) is 19.4 Å². The van der Waals surface area contributed by atoms with Gasteiger partial charge in [-0.1, -0.05) is 29.8 Å². The molecule has 0 saturated heterocycles. The van der Waals surface area contributed by atoms with Crippen LogP contribution in [0.5, 0.6) is 0 Å². The highest BCUT2D eigenvalue weighted by Crippen LogP contribution is 2.27. The van der Waals surface area contributed by atoms with Crippen molar-refractivity contribution in [3.05, 3.63) is 51.9 Å². The predicted molar refractivity (Wildman–Crippen MR) is 100 cm³/mol. The Bertz CT molecular complexity index is 998. The van der Waals surface area contributed by atoms with Crippen LogP contribution in [0.3, 0.4) is 0 Å². The number of aliphatic hydroxyl groups is 1. The Kier molecular flexibility index (Phi) is 4.49. The largest absolute Gasteiger partial charge is 0.394 e. The van der Waals surface area contributed by atoms with Gasteiger partial charge in [0.25, 0.3) is 5.56 Å². The second-order valence-electron chi connectivity index (χ2n) is 6.54. The molecule has 0 atom stereocenters. The molecule has 2 N–H and O–H groups in total. The van der Waals surface area contributed by atoms with Gasteiger partial charge in [-0.25, -0.2) is 4.98 Å². The van der Waals surface area contributed by atoms with E-state index in [2.05, 4.69) is 15.3 Å². The van der Waals surface area contributed by atoms with E-state index in [1.807, 2.05) is 32.0 Å². The molecular weight excluding hydrogens is 340 g/mol. The first-order chi connectivity index (χ1) is 11.8. The zero-order chi connectivity index (χ0) is 18.2. The molecule has 0 amide bonds. The van der Waals surface area contributed by atoms with Crippen LogP contribution in [0.4, 0.5) is 5.95 Å². The summed E-state index contributed by atoms with van der Waals surface area (Å²) in [5, 5.41) is 13.7. The number of anilines is 1. The van der Waals surface area contributed by atoms with Gasteiger partial charge in [-0.2, -0.15) is 4.98 Å². The quantitative estimate of drug-likeness (QED) is 0.749. The molecule has 2 heterocycles. The maximum Gasteiger partial charge on any atom is 0.259 e. The number of halogens is 1. The minimum Gasteiger partial charge on any atom is -0.394 e. The van der Waals surface area contributed by atoms with Crippen LogP contribution in [0.15, 0.2) is 41.3 Å². The van der Waals surface area contributed by atoms with Crippen molar-refractivity contribution < 1.29 is 5.11 Å². The van der Waals surface area contributed by atoms with Crippen LogP contribution < -0.4 is 10.9 Å². The maximum absolute atomic E-state index is 12.8. The molecule has 0 aliphatic rings. The molecule has 3 rings (SSSR count). The number of aryl methyl sites for hydroxylation is 1. The first kappa shape index (κ1) is 17.4. The third-order valence-corrected chi connectivity index (χ3v) is 4.29. The molecule has 3 aromatic rings. The second kappa shape index (κ2) is 6.46. The zero-order valence-corrected chi connectivity index (χ0v) is 15.0. The summed E-state index contributed by atoms with van der Waals surface area (Å²) in [6.07, 6.45) is 1.65. The summed E-state index contributed by atoms with van der Waals surface area (Å²) in [5.74, 6) is 0.354. The lowest BCUT2D eigenvalue weighted by Crippen LogP contribution is -2.35. The minimum atomic E-state index is -0.565. The molecule has 0 aliphatic heterocycles. The standard InChI is InChI=1S/C18H19ClN4O2/c1-18(2,10-24)22-17-20-9-11-8-13(12-6-4-5-7-14(12)19)16(25)23(3)15(11)21-17/h4-9,24H,10H2,1-3H3,(H,20,21,22). The van der Waals surface area contributed by atoms with Crippen molar-refractivity contribution in [2.75, 3.05) is 11.9 Å². The monoisotopic (exact) mass is 358 g/mol. The van der Waals surface area contributed by atoms with Crippen LogP contribution in [0.25, 0.3) is 22.2 Å². The smallest absolute Gasteiger partial charge is 0.259 e. The Labute approximate surface area is 150 Å². The van der Waals surface area contributed by atoms with Gasteiger partial charge in [0.15, 0.2) is 0 Å². The number of benzene rings is 1. The molecule has 6 nitrogen and oxygen atoms in total. The summed E-state index contributed by atoms with van der Waals surface area (Å²) < 4.78 is 1.48. The third kappa shape index (κ3) is 3.36. The Morgan fingerprint density at radius 2 is 2.00 bits per heavy atom. The molecule has 7 heteroatoms. The lowest BCUT2D eigenvalue weighted by molar-refractivity contribution is 0.233. The number of aromatic nitrogens is 3. The van der Waals surface area contributed by atoms with Gasteiger partial charge >= 0.3 is 0 Å². The van der Waals surface area contributed by atoms with E-state index in [0.29, 0.717) is 27.7 Å². The lowest BCUT2D eigenvalue weighted by Gasteiger charge is -2.23. The topological polar surface area (TPSA) is 80.0 Å². The predicted octanol–water partition coefficient (Wildman–Crippen LogP) is 2.83. The number of nitrogens with one attached hydrogen (secondary N) is 1. The summed E-state index contributed by atoms with van der Waals surface area (Å²) in [6, 6.07) is 8.97. The number of hydrogen-bond donors (Lipinski definition) is 2. The van der Waals surface area contributed by atoms with E-state index in [-0.39, 0.29) is 12.2 Å². The van der Waals surface area contributed by atoms with Gasteiger partial charge in [0.05, 0.1) is 12.1 Å². The number of fused-ring (bicyclic) bond motifs is 1. The van der Waals surface area contributed by atoms with Crippen molar-refractivity contribution >= 4 is 28.6 Å². The van der Waals surface area contributed by atoms with Crippen LogP contribution >= 0.6 is 11.6 Å². The van der Waals surface area contributed by atoms with E-state index in [9.17, 15) is 9.90 Å². The first-order valence-corrected chi connectivity index (χ1v) is 8.21. The molecule has 0 saturated carbocycles. The lowest BCUT2D eigenvalue weighted by atomic mass is 10.1. The van der Waals surface area contributed by atoms with Gasteiger partial charge in [0.1, 0.15) is 5.65 Å². The SMILES string of the molecule is Cn1c(=O)c(-c2ccccc2Cl)cc2cnc(NC(C)(C)CO)nc21. The van der Waals surface area contributed by atoms with Gasteiger partial charge in [0, 0.05) is 34.8 Å². The van der Waals surface area contributed by atoms with Crippen molar-refractivity contribution in [1.29, 1.82) is 0 Å². The van der Waals surface area contributed by atoms with Gasteiger partial charge in [-0.05, 0) is 26.0 Å². The van der Waals surface area contributed by atoms with Gasteiger partial charge in [0.2, 0.25) is 5.95 Å². The fourth-order valence-electron chi connectivity index (χ4n) is 2.52. The molecule has 0 radical (unpaired) electrons. The average molecular weight is 359 g/mol. The molecule has 0 bridgehead atoms. The molecule has 1 aromatic carbocycles. The number of aliphatic hydroxyl groups excluding tert-OH is 1. The fraction of sp³-hybridized carbons (Fsp3) is 0.278.